The molecule has 2 unspecified atom stereocenters. The lowest BCUT2D eigenvalue weighted by molar-refractivity contribution is -0.189. The number of rotatable bonds is 7. The molecule has 1 aliphatic heterocycles. The number of amides is 2. The summed E-state index contributed by atoms with van der Waals surface area (Å²) >= 11 is 6.13. The molecule has 3 fully saturated rings. The van der Waals surface area contributed by atoms with Gasteiger partial charge in [-0.1, -0.05) is 11.6 Å². The molecule has 2 amide bonds. The fourth-order valence-corrected chi connectivity index (χ4v) is 6.26. The summed E-state index contributed by atoms with van der Waals surface area (Å²) in [6.45, 7) is 0.584. The Morgan fingerprint density at radius 3 is 2.49 bits per heavy atom. The van der Waals surface area contributed by atoms with Crippen molar-refractivity contribution in [3.05, 3.63) is 23.2 Å². The number of sulfone groups is 1. The Hall–Kier alpha value is -2.52. The van der Waals surface area contributed by atoms with Gasteiger partial charge in [0.05, 0.1) is 21.2 Å². The van der Waals surface area contributed by atoms with Crippen molar-refractivity contribution in [2.45, 2.75) is 73.0 Å². The second kappa shape index (κ2) is 8.85. The number of alkyl halides is 3. The monoisotopic (exact) mass is 533 g/mol. The van der Waals surface area contributed by atoms with E-state index in [1.807, 2.05) is 6.07 Å². The minimum atomic E-state index is -4.61. The van der Waals surface area contributed by atoms with Gasteiger partial charge in [-0.2, -0.15) is 18.4 Å². The van der Waals surface area contributed by atoms with Crippen molar-refractivity contribution in [1.29, 1.82) is 5.26 Å². The molecule has 8 nitrogen and oxygen atoms in total. The molecule has 1 N–H and O–H groups in total. The summed E-state index contributed by atoms with van der Waals surface area (Å²) in [5, 5.41) is 10.4. The van der Waals surface area contributed by atoms with Crippen molar-refractivity contribution in [2.24, 2.45) is 5.92 Å². The van der Waals surface area contributed by atoms with Crippen molar-refractivity contribution in [1.82, 2.24) is 10.2 Å². The van der Waals surface area contributed by atoms with Crippen molar-refractivity contribution in [3.8, 4) is 11.8 Å². The van der Waals surface area contributed by atoms with Crippen LogP contribution < -0.4 is 10.1 Å². The maximum absolute atomic E-state index is 13.4. The second-order valence-corrected chi connectivity index (χ2v) is 11.9. The Morgan fingerprint density at radius 2 is 1.97 bits per heavy atom. The third kappa shape index (κ3) is 5.21. The van der Waals surface area contributed by atoms with Crippen LogP contribution in [0.4, 0.5) is 13.2 Å². The fourth-order valence-electron chi connectivity index (χ4n) is 4.02. The van der Waals surface area contributed by atoms with Gasteiger partial charge in [-0.25, -0.2) is 8.42 Å². The zero-order chi connectivity index (χ0) is 25.8. The van der Waals surface area contributed by atoms with Gasteiger partial charge in [0.25, 0.3) is 0 Å². The van der Waals surface area contributed by atoms with Crippen LogP contribution in [-0.2, 0) is 19.4 Å². The van der Waals surface area contributed by atoms with Gasteiger partial charge in [-0.15, -0.1) is 0 Å². The molecule has 1 aromatic rings. The van der Waals surface area contributed by atoms with E-state index in [1.54, 1.807) is 0 Å². The van der Waals surface area contributed by atoms with Crippen molar-refractivity contribution >= 4 is 33.3 Å². The molecule has 190 valence electrons. The third-order valence-corrected chi connectivity index (χ3v) is 9.14. The number of nitrogens with one attached hydrogen (secondary N) is 1. The normalized spacial score (nSPS) is 24.4. The molecule has 1 aromatic carbocycles. The molecular formula is C22H23ClF3N3O5S. The Morgan fingerprint density at radius 1 is 1.31 bits per heavy atom. The Labute approximate surface area is 205 Å². The van der Waals surface area contributed by atoms with Crippen molar-refractivity contribution < 1.29 is 35.9 Å². The Kier molecular flexibility index (Phi) is 6.47. The highest BCUT2D eigenvalue weighted by atomic mass is 35.5. The average Bonchev–Trinajstić information content (AvgIpc) is 3.70. The van der Waals surface area contributed by atoms with Crippen LogP contribution in [0.1, 0.15) is 39.0 Å². The number of hydrogen-bond acceptors (Lipinski definition) is 6. The number of nitriles is 1. The first-order valence-corrected chi connectivity index (χ1v) is 13.0. The van der Waals surface area contributed by atoms with E-state index in [9.17, 15) is 36.4 Å². The van der Waals surface area contributed by atoms with Crippen LogP contribution in [0.2, 0.25) is 5.02 Å². The second-order valence-electron chi connectivity index (χ2n) is 9.26. The van der Waals surface area contributed by atoms with Crippen LogP contribution in [0, 0.1) is 17.2 Å². The molecule has 0 bridgehead atoms. The fraction of sp³-hybridized carbons (Fsp3) is 0.591. The lowest BCUT2D eigenvalue weighted by Gasteiger charge is -2.24. The molecule has 3 atom stereocenters. The van der Waals surface area contributed by atoms with E-state index in [0.717, 1.165) is 25.1 Å². The lowest BCUT2D eigenvalue weighted by atomic mass is 10.1. The largest absolute Gasteiger partial charge is 0.481 e. The van der Waals surface area contributed by atoms with E-state index < -0.39 is 44.9 Å². The van der Waals surface area contributed by atoms with Crippen LogP contribution >= 0.6 is 11.6 Å². The van der Waals surface area contributed by atoms with Gasteiger partial charge >= 0.3 is 6.18 Å². The molecule has 13 heteroatoms. The Balaban J connectivity index is 1.55. The summed E-state index contributed by atoms with van der Waals surface area (Å²) in [6.07, 6.45) is -4.64. The highest BCUT2D eigenvalue weighted by Gasteiger charge is 2.52. The minimum absolute atomic E-state index is 0.187. The van der Waals surface area contributed by atoms with E-state index in [4.69, 9.17) is 16.3 Å². The number of halogens is 4. The summed E-state index contributed by atoms with van der Waals surface area (Å²) in [5.74, 6) is -1.39. The number of hydrogen-bond donors (Lipinski definition) is 1. The SMILES string of the molecule is C[C@H](Oc1ccc(S(=O)(=O)C2CC(C(=O)NC3(C#N)CC3)N(C(=O)C3CC3)C2)c(Cl)c1)C(F)(F)F. The topological polar surface area (TPSA) is 117 Å². The predicted octanol–water partition coefficient (Wildman–Crippen LogP) is 3.00. The number of benzene rings is 1. The van der Waals surface area contributed by atoms with Crippen LogP contribution in [0.3, 0.4) is 0 Å². The van der Waals surface area contributed by atoms with E-state index in [2.05, 4.69) is 5.32 Å². The molecule has 1 saturated heterocycles. The maximum atomic E-state index is 13.4. The number of carbonyl (C=O) groups excluding carboxylic acids is 2. The quantitative estimate of drug-likeness (QED) is 0.576. The number of likely N-dealkylation sites (tertiary alicyclic amines) is 1. The standard InChI is InChI=1S/C22H23ClF3N3O5S/c1-12(22(24,25)26)34-14-4-5-18(16(23)8-14)35(32,33)15-9-17(19(30)28-21(11-27)6-7-21)29(10-15)20(31)13-2-3-13/h4-5,8,12-13,15,17H,2-3,6-7,9-10H2,1H3,(H,28,30)/t12-,15?,17?/m0/s1. The van der Waals surface area contributed by atoms with E-state index in [0.29, 0.717) is 25.7 Å². The number of ether oxygens (including phenoxy) is 1. The minimum Gasteiger partial charge on any atom is -0.481 e. The number of carbonyl (C=O) groups is 2. The first-order chi connectivity index (χ1) is 16.3. The van der Waals surface area contributed by atoms with Gasteiger partial charge in [0.1, 0.15) is 17.3 Å². The van der Waals surface area contributed by atoms with Crippen LogP contribution in [0.15, 0.2) is 23.1 Å². The summed E-state index contributed by atoms with van der Waals surface area (Å²) in [4.78, 5) is 26.7. The van der Waals surface area contributed by atoms with Crippen LogP contribution in [0.25, 0.3) is 0 Å². The van der Waals surface area contributed by atoms with Crippen LogP contribution in [-0.4, -0.2) is 60.8 Å². The molecule has 4 rings (SSSR count). The summed E-state index contributed by atoms with van der Waals surface area (Å²) in [5.41, 5.74) is -0.977. The van der Waals surface area contributed by atoms with Gasteiger partial charge < -0.3 is 15.0 Å². The van der Waals surface area contributed by atoms with Gasteiger partial charge in [-0.3, -0.25) is 9.59 Å². The molecule has 3 aliphatic rings. The molecule has 35 heavy (non-hydrogen) atoms. The zero-order valence-corrected chi connectivity index (χ0v) is 20.2. The molecule has 1 heterocycles. The van der Waals surface area contributed by atoms with Gasteiger partial charge in [0.15, 0.2) is 15.9 Å². The smallest absolute Gasteiger partial charge is 0.425 e. The van der Waals surface area contributed by atoms with E-state index in [-0.39, 0.29) is 40.5 Å². The van der Waals surface area contributed by atoms with Gasteiger partial charge in [0.2, 0.25) is 11.8 Å². The first-order valence-electron chi connectivity index (χ1n) is 11.1. The first kappa shape index (κ1) is 25.6. The Bertz CT molecular complexity index is 1190. The molecule has 2 aliphatic carbocycles. The van der Waals surface area contributed by atoms with Gasteiger partial charge in [-0.05, 0) is 51.2 Å². The molecular weight excluding hydrogens is 511 g/mol. The molecule has 2 saturated carbocycles. The van der Waals surface area contributed by atoms with Crippen molar-refractivity contribution in [2.75, 3.05) is 6.54 Å². The molecule has 0 aromatic heterocycles. The van der Waals surface area contributed by atoms with Crippen LogP contribution in [0.5, 0.6) is 5.75 Å². The maximum Gasteiger partial charge on any atom is 0.425 e. The van der Waals surface area contributed by atoms with Gasteiger partial charge in [0, 0.05) is 18.5 Å². The lowest BCUT2D eigenvalue weighted by Crippen LogP contribution is -2.49. The third-order valence-electron chi connectivity index (χ3n) is 6.52. The van der Waals surface area contributed by atoms with E-state index >= 15 is 0 Å². The summed E-state index contributed by atoms with van der Waals surface area (Å²) in [6, 6.07) is 4.12. The highest BCUT2D eigenvalue weighted by molar-refractivity contribution is 7.92. The highest BCUT2D eigenvalue weighted by Crippen LogP contribution is 2.39. The predicted molar refractivity (Wildman–Crippen MR) is 117 cm³/mol. The number of nitrogens with zero attached hydrogens (tertiary/aromatic N) is 2. The summed E-state index contributed by atoms with van der Waals surface area (Å²) in [7, 11) is -4.16. The molecule has 0 radical (unpaired) electrons. The average molecular weight is 534 g/mol. The van der Waals surface area contributed by atoms with E-state index in [1.165, 1.54) is 4.90 Å². The molecule has 0 spiro atoms. The zero-order valence-electron chi connectivity index (χ0n) is 18.6. The van der Waals surface area contributed by atoms with Crippen molar-refractivity contribution in [3.63, 3.8) is 0 Å². The summed E-state index contributed by atoms with van der Waals surface area (Å²) < 4.78 is 69.9.